The third-order valence-corrected chi connectivity index (χ3v) is 4.55. The molecule has 2 rings (SSSR count). The lowest BCUT2D eigenvalue weighted by Gasteiger charge is -2.28. The fraction of sp³-hybridized carbons (Fsp3) is 0.357. The number of carbonyl (C=O) groups is 2. The molecule has 1 atom stereocenters. The Labute approximate surface area is 131 Å². The molecule has 0 aromatic carbocycles. The summed E-state index contributed by atoms with van der Waals surface area (Å²) in [4.78, 5) is 27.7. The van der Waals surface area contributed by atoms with Crippen molar-refractivity contribution in [1.82, 2.24) is 10.3 Å². The summed E-state index contributed by atoms with van der Waals surface area (Å²) in [5.41, 5.74) is 5.04. The van der Waals surface area contributed by atoms with Crippen LogP contribution in [0, 0.1) is 0 Å². The normalized spacial score (nSPS) is 21.4. The van der Waals surface area contributed by atoms with Crippen molar-refractivity contribution in [3.8, 4) is 0 Å². The molecular weight excluding hydrogens is 310 g/mol. The van der Waals surface area contributed by atoms with Gasteiger partial charge in [-0.1, -0.05) is 24.6 Å². The number of allylic oxidation sites excluding steroid dienone is 2. The van der Waals surface area contributed by atoms with Crippen LogP contribution in [0.5, 0.6) is 0 Å². The highest BCUT2D eigenvalue weighted by Crippen LogP contribution is 2.39. The predicted octanol–water partition coefficient (Wildman–Crippen LogP) is 2.19. The molecule has 1 aromatic heterocycles. The molecule has 0 saturated heterocycles. The van der Waals surface area contributed by atoms with Crippen LogP contribution in [0.1, 0.15) is 31.2 Å². The standard InChI is InChI=1S/C14H16ClN3O2S/c1-2-3-11(19)18-10-4-5-14(12(16)20,8-9(10)15)13-17-6-7-21-13/h4-7H,2-3,8H2,1H3,(H2,16,20)(H,18,19). The summed E-state index contributed by atoms with van der Waals surface area (Å²) in [6.07, 6.45) is 6.30. The number of hydrogen-bond donors (Lipinski definition) is 2. The Morgan fingerprint density at radius 1 is 1.57 bits per heavy atom. The first-order valence-electron chi connectivity index (χ1n) is 6.57. The lowest BCUT2D eigenvalue weighted by Crippen LogP contribution is -2.41. The van der Waals surface area contributed by atoms with Gasteiger partial charge in [0, 0.05) is 29.5 Å². The number of rotatable bonds is 5. The van der Waals surface area contributed by atoms with E-state index in [1.54, 1.807) is 23.7 Å². The lowest BCUT2D eigenvalue weighted by atomic mass is 9.80. The minimum atomic E-state index is -1.04. The van der Waals surface area contributed by atoms with Gasteiger partial charge in [0.15, 0.2) is 0 Å². The average molecular weight is 326 g/mol. The number of primary amides is 1. The molecule has 1 heterocycles. The number of hydrogen-bond acceptors (Lipinski definition) is 4. The minimum absolute atomic E-state index is 0.101. The quantitative estimate of drug-likeness (QED) is 0.870. The molecule has 0 aliphatic heterocycles. The van der Waals surface area contributed by atoms with Crippen molar-refractivity contribution in [2.75, 3.05) is 0 Å². The smallest absolute Gasteiger partial charge is 0.234 e. The monoisotopic (exact) mass is 325 g/mol. The Hall–Kier alpha value is -1.66. The molecule has 112 valence electrons. The highest BCUT2D eigenvalue weighted by molar-refractivity contribution is 7.09. The van der Waals surface area contributed by atoms with E-state index in [4.69, 9.17) is 17.3 Å². The summed E-state index contributed by atoms with van der Waals surface area (Å²) in [6.45, 7) is 1.92. The molecule has 1 aliphatic rings. The number of carbonyl (C=O) groups excluding carboxylic acids is 2. The molecule has 0 spiro atoms. The van der Waals surface area contributed by atoms with Crippen LogP contribution < -0.4 is 11.1 Å². The maximum Gasteiger partial charge on any atom is 0.234 e. The SMILES string of the molecule is CCCC(=O)NC1=C(Cl)CC(C(N)=O)(c2nccs2)C=C1. The molecule has 7 heteroatoms. The van der Waals surface area contributed by atoms with E-state index in [1.807, 2.05) is 6.92 Å². The number of nitrogens with zero attached hydrogens (tertiary/aromatic N) is 1. The van der Waals surface area contributed by atoms with E-state index in [1.165, 1.54) is 11.3 Å². The first-order chi connectivity index (χ1) is 9.99. The van der Waals surface area contributed by atoms with Gasteiger partial charge in [0.2, 0.25) is 11.8 Å². The van der Waals surface area contributed by atoms with Crippen molar-refractivity contribution >= 4 is 34.8 Å². The summed E-state index contributed by atoms with van der Waals surface area (Å²) >= 11 is 7.61. The molecule has 0 radical (unpaired) electrons. The lowest BCUT2D eigenvalue weighted by molar-refractivity contribution is -0.122. The maximum atomic E-state index is 11.9. The van der Waals surface area contributed by atoms with Crippen LogP contribution in [0.2, 0.25) is 0 Å². The second kappa shape index (κ2) is 6.41. The summed E-state index contributed by atoms with van der Waals surface area (Å²) in [5.74, 6) is -0.609. The van der Waals surface area contributed by atoms with E-state index >= 15 is 0 Å². The van der Waals surface area contributed by atoms with Gasteiger partial charge in [-0.25, -0.2) is 4.98 Å². The summed E-state index contributed by atoms with van der Waals surface area (Å²) in [5, 5.41) is 5.53. The van der Waals surface area contributed by atoms with Gasteiger partial charge in [-0.15, -0.1) is 11.3 Å². The Bertz CT molecular complexity index is 610. The molecule has 5 nitrogen and oxygen atoms in total. The molecule has 0 bridgehead atoms. The zero-order valence-corrected chi connectivity index (χ0v) is 13.1. The van der Waals surface area contributed by atoms with E-state index in [9.17, 15) is 9.59 Å². The molecule has 3 N–H and O–H groups in total. The molecule has 2 amide bonds. The van der Waals surface area contributed by atoms with Crippen molar-refractivity contribution in [2.24, 2.45) is 5.73 Å². The highest BCUT2D eigenvalue weighted by atomic mass is 35.5. The molecule has 1 unspecified atom stereocenters. The topological polar surface area (TPSA) is 85.1 Å². The fourth-order valence-corrected chi connectivity index (χ4v) is 3.27. The highest BCUT2D eigenvalue weighted by Gasteiger charge is 2.41. The number of halogens is 1. The van der Waals surface area contributed by atoms with Crippen LogP contribution in [0.3, 0.4) is 0 Å². The van der Waals surface area contributed by atoms with Crippen molar-refractivity contribution in [2.45, 2.75) is 31.6 Å². The summed E-state index contributed by atoms with van der Waals surface area (Å²) in [7, 11) is 0. The first-order valence-corrected chi connectivity index (χ1v) is 7.83. The van der Waals surface area contributed by atoms with Gasteiger partial charge in [-0.2, -0.15) is 0 Å². The second-order valence-electron chi connectivity index (χ2n) is 4.80. The third-order valence-electron chi connectivity index (χ3n) is 3.27. The fourth-order valence-electron chi connectivity index (χ4n) is 2.13. The minimum Gasteiger partial charge on any atom is -0.369 e. The van der Waals surface area contributed by atoms with Crippen LogP contribution >= 0.6 is 22.9 Å². The second-order valence-corrected chi connectivity index (χ2v) is 6.15. The van der Waals surface area contributed by atoms with Crippen molar-refractivity contribution in [1.29, 1.82) is 0 Å². The van der Waals surface area contributed by atoms with Crippen LogP contribution in [-0.2, 0) is 15.0 Å². The van der Waals surface area contributed by atoms with Gasteiger partial charge < -0.3 is 11.1 Å². The Morgan fingerprint density at radius 3 is 2.86 bits per heavy atom. The molecule has 0 saturated carbocycles. The zero-order chi connectivity index (χ0) is 15.5. The van der Waals surface area contributed by atoms with Crippen LogP contribution in [0.4, 0.5) is 0 Å². The van der Waals surface area contributed by atoms with Gasteiger partial charge >= 0.3 is 0 Å². The number of amides is 2. The van der Waals surface area contributed by atoms with Crippen molar-refractivity contribution in [3.63, 3.8) is 0 Å². The summed E-state index contributed by atoms with van der Waals surface area (Å²) < 4.78 is 0. The molecule has 1 aliphatic carbocycles. The molecule has 1 aromatic rings. The van der Waals surface area contributed by atoms with Crippen LogP contribution in [0.15, 0.2) is 34.5 Å². The van der Waals surface area contributed by atoms with E-state index in [0.29, 0.717) is 22.2 Å². The van der Waals surface area contributed by atoms with E-state index in [0.717, 1.165) is 6.42 Å². The van der Waals surface area contributed by atoms with Crippen LogP contribution in [0.25, 0.3) is 0 Å². The Kier molecular flexibility index (Phi) is 4.80. The zero-order valence-electron chi connectivity index (χ0n) is 11.6. The van der Waals surface area contributed by atoms with Gasteiger partial charge in [-0.3, -0.25) is 9.59 Å². The summed E-state index contributed by atoms with van der Waals surface area (Å²) in [6, 6.07) is 0. The van der Waals surface area contributed by atoms with Crippen molar-refractivity contribution in [3.05, 3.63) is 39.5 Å². The van der Waals surface area contributed by atoms with Gasteiger partial charge in [0.1, 0.15) is 10.4 Å². The number of thiazole rings is 1. The van der Waals surface area contributed by atoms with E-state index < -0.39 is 11.3 Å². The van der Waals surface area contributed by atoms with Gasteiger partial charge in [0.25, 0.3) is 0 Å². The molecule has 0 fully saturated rings. The maximum absolute atomic E-state index is 11.9. The van der Waals surface area contributed by atoms with Crippen LogP contribution in [-0.4, -0.2) is 16.8 Å². The molecular formula is C14H16ClN3O2S. The molecule has 21 heavy (non-hydrogen) atoms. The first kappa shape index (κ1) is 15.7. The number of nitrogens with two attached hydrogens (primary N) is 1. The predicted molar refractivity (Wildman–Crippen MR) is 82.7 cm³/mol. The van der Waals surface area contributed by atoms with Gasteiger partial charge in [0.05, 0.1) is 5.70 Å². The van der Waals surface area contributed by atoms with Gasteiger partial charge in [-0.05, 0) is 12.5 Å². The third kappa shape index (κ3) is 3.16. The van der Waals surface area contributed by atoms with E-state index in [-0.39, 0.29) is 12.3 Å². The number of nitrogens with one attached hydrogen (secondary N) is 1. The van der Waals surface area contributed by atoms with Crippen molar-refractivity contribution < 1.29 is 9.59 Å². The van der Waals surface area contributed by atoms with E-state index in [2.05, 4.69) is 10.3 Å². The Balaban J connectivity index is 2.26. The average Bonchev–Trinajstić information content (AvgIpc) is 2.95. The Morgan fingerprint density at radius 2 is 2.33 bits per heavy atom. The number of aromatic nitrogens is 1. The largest absolute Gasteiger partial charge is 0.369 e.